The molecule has 0 amide bonds. The van der Waals surface area contributed by atoms with Crippen molar-refractivity contribution in [3.63, 3.8) is 0 Å². The van der Waals surface area contributed by atoms with E-state index in [0.29, 0.717) is 0 Å². The minimum absolute atomic E-state index is 0.120. The number of fused-ring (bicyclic) bond motifs is 1. The Hall–Kier alpha value is -2.75. The number of rotatable bonds is 3. The van der Waals surface area contributed by atoms with Crippen LogP contribution in [-0.4, -0.2) is 64.1 Å². The number of aryl methyl sites for hydroxylation is 1. The van der Waals surface area contributed by atoms with E-state index in [-0.39, 0.29) is 5.03 Å². The molecule has 0 unspecified atom stereocenters. The molecule has 0 aromatic carbocycles. The van der Waals surface area contributed by atoms with Gasteiger partial charge in [-0.25, -0.2) is 13.4 Å². The zero-order chi connectivity index (χ0) is 20.8. The second-order valence-corrected chi connectivity index (χ2v) is 10.8. The quantitative estimate of drug-likeness (QED) is 0.638. The van der Waals surface area contributed by atoms with Crippen molar-refractivity contribution in [2.24, 2.45) is 0 Å². The molecule has 10 heteroatoms. The molecule has 0 atom stereocenters. The number of hydrogen-bond donors (Lipinski definition) is 0. The molecule has 3 aromatic rings. The molecule has 0 saturated carbocycles. The molecule has 0 spiro atoms. The number of hydrogen-bond acceptors (Lipinski definition) is 8. The van der Waals surface area contributed by atoms with Crippen LogP contribution in [0.1, 0.15) is 26.6 Å². The number of nitrogens with zero attached hydrogens (tertiary/aromatic N) is 7. The van der Waals surface area contributed by atoms with Gasteiger partial charge >= 0.3 is 0 Å². The molecule has 4 heterocycles. The largest absolute Gasteiger partial charge is 0.367 e. The van der Waals surface area contributed by atoms with Crippen molar-refractivity contribution in [1.29, 1.82) is 0 Å². The van der Waals surface area contributed by atoms with Crippen molar-refractivity contribution in [1.82, 2.24) is 24.8 Å². The highest BCUT2D eigenvalue weighted by Crippen LogP contribution is 2.25. The van der Waals surface area contributed by atoms with Crippen LogP contribution < -0.4 is 9.80 Å². The zero-order valence-electron chi connectivity index (χ0n) is 17.1. The number of anilines is 2. The summed E-state index contributed by atoms with van der Waals surface area (Å²) in [5, 5.41) is 12.9. The Bertz CT molecular complexity index is 1130. The van der Waals surface area contributed by atoms with Gasteiger partial charge in [0.05, 0.1) is 16.6 Å². The molecule has 1 aliphatic heterocycles. The van der Waals surface area contributed by atoms with E-state index in [4.69, 9.17) is 0 Å². The summed E-state index contributed by atoms with van der Waals surface area (Å²) >= 11 is 0. The van der Waals surface area contributed by atoms with E-state index in [1.807, 2.05) is 25.1 Å². The van der Waals surface area contributed by atoms with Gasteiger partial charge in [-0.1, -0.05) is 0 Å². The Balaban J connectivity index is 1.46. The molecule has 29 heavy (non-hydrogen) atoms. The van der Waals surface area contributed by atoms with Gasteiger partial charge in [0.1, 0.15) is 5.82 Å². The third-order valence-electron chi connectivity index (χ3n) is 5.18. The average Bonchev–Trinajstić information content (AvgIpc) is 3.08. The molecule has 3 aromatic heterocycles. The van der Waals surface area contributed by atoms with Crippen LogP contribution >= 0.6 is 0 Å². The van der Waals surface area contributed by atoms with Crippen LogP contribution in [0.4, 0.5) is 11.5 Å². The molecule has 9 nitrogen and oxygen atoms in total. The van der Waals surface area contributed by atoms with Gasteiger partial charge in [-0.15, -0.1) is 15.3 Å². The van der Waals surface area contributed by atoms with Crippen molar-refractivity contribution >= 4 is 27.0 Å². The fraction of sp³-hybridized carbons (Fsp3) is 0.474. The summed E-state index contributed by atoms with van der Waals surface area (Å²) < 4.78 is 26.0. The molecule has 0 aliphatic carbocycles. The predicted octanol–water partition coefficient (Wildman–Crippen LogP) is 1.73. The molecule has 1 aliphatic rings. The van der Waals surface area contributed by atoms with Gasteiger partial charge in [-0.3, -0.25) is 0 Å². The maximum atomic E-state index is 12.5. The first-order chi connectivity index (χ1) is 13.7. The van der Waals surface area contributed by atoms with Gasteiger partial charge in [0.25, 0.3) is 0 Å². The van der Waals surface area contributed by atoms with Gasteiger partial charge in [0, 0.05) is 26.2 Å². The van der Waals surface area contributed by atoms with Gasteiger partial charge in [-0.2, -0.15) is 4.52 Å². The number of aromatic nitrogens is 5. The number of pyridine rings is 1. The van der Waals surface area contributed by atoms with Crippen LogP contribution in [0.3, 0.4) is 0 Å². The van der Waals surface area contributed by atoms with Crippen LogP contribution in [-0.2, 0) is 9.84 Å². The summed E-state index contributed by atoms with van der Waals surface area (Å²) in [7, 11) is -3.44. The van der Waals surface area contributed by atoms with Gasteiger partial charge in [-0.05, 0) is 52.0 Å². The molecule has 154 valence electrons. The van der Waals surface area contributed by atoms with Gasteiger partial charge in [0.15, 0.2) is 26.3 Å². The lowest BCUT2D eigenvalue weighted by Gasteiger charge is -2.36. The fourth-order valence-electron chi connectivity index (χ4n) is 3.28. The highest BCUT2D eigenvalue weighted by Gasteiger charge is 2.32. The van der Waals surface area contributed by atoms with E-state index in [2.05, 4.69) is 30.1 Å². The topological polar surface area (TPSA) is 96.6 Å². The molecule has 0 bridgehead atoms. The summed E-state index contributed by atoms with van der Waals surface area (Å²) in [6, 6.07) is 7.33. The SMILES string of the molecule is Cc1nnc2ccc(N3CCN(c4ccc(S(=O)(=O)C(C)(C)C)nc4)CC3)nn12. The second-order valence-electron chi connectivity index (χ2n) is 8.15. The summed E-state index contributed by atoms with van der Waals surface area (Å²) in [6.07, 6.45) is 1.65. The van der Waals surface area contributed by atoms with Crippen molar-refractivity contribution in [3.8, 4) is 0 Å². The Morgan fingerprint density at radius 2 is 1.62 bits per heavy atom. The summed E-state index contributed by atoms with van der Waals surface area (Å²) in [5.41, 5.74) is 1.66. The van der Waals surface area contributed by atoms with Crippen molar-refractivity contribution in [2.75, 3.05) is 36.0 Å². The second kappa shape index (κ2) is 6.94. The zero-order valence-corrected chi connectivity index (χ0v) is 17.9. The minimum Gasteiger partial charge on any atom is -0.367 e. The molecule has 1 saturated heterocycles. The molecule has 1 fully saturated rings. The van der Waals surface area contributed by atoms with Crippen LogP contribution in [0.5, 0.6) is 0 Å². The smallest absolute Gasteiger partial charge is 0.200 e. The maximum Gasteiger partial charge on any atom is 0.200 e. The van der Waals surface area contributed by atoms with Crippen molar-refractivity contribution in [3.05, 3.63) is 36.3 Å². The summed E-state index contributed by atoms with van der Waals surface area (Å²) in [4.78, 5) is 8.67. The standard InChI is InChI=1S/C19H25N7O2S/c1-14-21-22-16-6-7-17(23-26(14)16)25-11-9-24(10-12-25)15-5-8-18(20-13-15)29(27,28)19(2,3)4/h5-8,13H,9-12H2,1-4H3. The van der Waals surface area contributed by atoms with E-state index in [0.717, 1.165) is 49.2 Å². The Labute approximate surface area is 170 Å². The molecular weight excluding hydrogens is 390 g/mol. The van der Waals surface area contributed by atoms with Gasteiger partial charge < -0.3 is 9.80 Å². The maximum absolute atomic E-state index is 12.5. The van der Waals surface area contributed by atoms with E-state index in [1.165, 1.54) is 0 Å². The molecule has 4 rings (SSSR count). The Kier molecular flexibility index (Phi) is 4.68. The third kappa shape index (κ3) is 3.52. The Morgan fingerprint density at radius 1 is 0.931 bits per heavy atom. The lowest BCUT2D eigenvalue weighted by molar-refractivity contribution is 0.556. The normalized spacial score (nSPS) is 15.9. The van der Waals surface area contributed by atoms with Crippen LogP contribution in [0.25, 0.3) is 5.65 Å². The van der Waals surface area contributed by atoms with Crippen molar-refractivity contribution in [2.45, 2.75) is 37.5 Å². The van der Waals surface area contributed by atoms with Crippen LogP contribution in [0, 0.1) is 6.92 Å². The van der Waals surface area contributed by atoms with E-state index in [1.54, 1.807) is 37.5 Å². The van der Waals surface area contributed by atoms with Crippen LogP contribution in [0.15, 0.2) is 35.5 Å². The Morgan fingerprint density at radius 3 is 2.24 bits per heavy atom. The monoisotopic (exact) mass is 415 g/mol. The lowest BCUT2D eigenvalue weighted by atomic mass is 10.2. The third-order valence-corrected chi connectivity index (χ3v) is 7.58. The lowest BCUT2D eigenvalue weighted by Crippen LogP contribution is -2.47. The average molecular weight is 416 g/mol. The molecule has 0 N–H and O–H groups in total. The number of piperazine rings is 1. The number of sulfone groups is 1. The summed E-state index contributed by atoms with van der Waals surface area (Å²) in [5.74, 6) is 1.65. The summed E-state index contributed by atoms with van der Waals surface area (Å²) in [6.45, 7) is 10.1. The van der Waals surface area contributed by atoms with E-state index in [9.17, 15) is 8.42 Å². The van der Waals surface area contributed by atoms with Crippen LogP contribution in [0.2, 0.25) is 0 Å². The highest BCUT2D eigenvalue weighted by molar-refractivity contribution is 7.92. The predicted molar refractivity (Wildman–Crippen MR) is 111 cm³/mol. The molecule has 0 radical (unpaired) electrons. The van der Waals surface area contributed by atoms with E-state index >= 15 is 0 Å². The first kappa shape index (κ1) is 19.6. The fourth-order valence-corrected chi connectivity index (χ4v) is 4.35. The highest BCUT2D eigenvalue weighted by atomic mass is 32.2. The first-order valence-corrected chi connectivity index (χ1v) is 11.0. The first-order valence-electron chi connectivity index (χ1n) is 9.56. The molecular formula is C19H25N7O2S. The van der Waals surface area contributed by atoms with Crippen molar-refractivity contribution < 1.29 is 8.42 Å². The minimum atomic E-state index is -3.44. The van der Waals surface area contributed by atoms with E-state index < -0.39 is 14.6 Å². The van der Waals surface area contributed by atoms with Gasteiger partial charge in [0.2, 0.25) is 0 Å².